The fourth-order valence-corrected chi connectivity index (χ4v) is 2.36. The number of amides is 1. The molecule has 19 heavy (non-hydrogen) atoms. The first-order valence-electron chi connectivity index (χ1n) is 7.04. The van der Waals surface area contributed by atoms with Crippen molar-refractivity contribution in [1.82, 2.24) is 5.32 Å². The third-order valence-electron chi connectivity index (χ3n) is 3.99. The van der Waals surface area contributed by atoms with Gasteiger partial charge in [-0.1, -0.05) is 36.8 Å². The Bertz CT molecular complexity index is 435. The van der Waals surface area contributed by atoms with E-state index in [1.165, 1.54) is 11.1 Å². The van der Waals surface area contributed by atoms with Crippen molar-refractivity contribution in [2.75, 3.05) is 6.54 Å². The van der Waals surface area contributed by atoms with E-state index in [4.69, 9.17) is 0 Å². The predicted molar refractivity (Wildman–Crippen MR) is 75.9 cm³/mol. The van der Waals surface area contributed by atoms with Crippen molar-refractivity contribution >= 4 is 5.91 Å². The van der Waals surface area contributed by atoms with Crippen LogP contribution in [0.25, 0.3) is 0 Å². The molecule has 3 nitrogen and oxygen atoms in total. The molecule has 1 atom stereocenters. The van der Waals surface area contributed by atoms with Crippen molar-refractivity contribution < 1.29 is 9.90 Å². The van der Waals surface area contributed by atoms with Gasteiger partial charge in [-0.3, -0.25) is 4.79 Å². The van der Waals surface area contributed by atoms with Gasteiger partial charge in [0.15, 0.2) is 0 Å². The normalized spacial score (nSPS) is 18.5. The second kappa shape index (κ2) is 5.74. The summed E-state index contributed by atoms with van der Waals surface area (Å²) < 4.78 is 0. The summed E-state index contributed by atoms with van der Waals surface area (Å²) in [5.74, 6) is -0.0349. The van der Waals surface area contributed by atoms with Crippen molar-refractivity contribution in [3.63, 3.8) is 0 Å². The van der Waals surface area contributed by atoms with Crippen LogP contribution in [-0.4, -0.2) is 23.2 Å². The quantitative estimate of drug-likeness (QED) is 0.853. The molecule has 1 aromatic carbocycles. The molecule has 104 valence electrons. The highest BCUT2D eigenvalue weighted by molar-refractivity contribution is 5.78. The Morgan fingerprint density at radius 3 is 2.53 bits per heavy atom. The minimum absolute atomic E-state index is 0.0286. The van der Waals surface area contributed by atoms with Crippen molar-refractivity contribution in [3.05, 3.63) is 35.4 Å². The van der Waals surface area contributed by atoms with Crippen molar-refractivity contribution in [2.45, 2.75) is 45.1 Å². The molecule has 1 fully saturated rings. The molecule has 1 saturated carbocycles. The van der Waals surface area contributed by atoms with E-state index in [0.29, 0.717) is 6.54 Å². The van der Waals surface area contributed by atoms with Gasteiger partial charge >= 0.3 is 0 Å². The van der Waals surface area contributed by atoms with Crippen LogP contribution in [0.2, 0.25) is 0 Å². The Morgan fingerprint density at radius 2 is 2.00 bits per heavy atom. The van der Waals surface area contributed by atoms with Crippen LogP contribution in [0.1, 0.15) is 37.3 Å². The van der Waals surface area contributed by atoms with E-state index in [-0.39, 0.29) is 11.8 Å². The lowest BCUT2D eigenvalue weighted by atomic mass is 9.80. The fraction of sp³-hybridized carbons (Fsp3) is 0.562. The third-order valence-corrected chi connectivity index (χ3v) is 3.99. The van der Waals surface area contributed by atoms with E-state index < -0.39 is 5.60 Å². The molecule has 1 aliphatic carbocycles. The number of benzene rings is 1. The second-order valence-electron chi connectivity index (χ2n) is 5.89. The molecule has 2 N–H and O–H groups in total. The predicted octanol–water partition coefficient (Wildman–Crippen LogP) is 2.20. The van der Waals surface area contributed by atoms with Gasteiger partial charge in [-0.25, -0.2) is 0 Å². The van der Waals surface area contributed by atoms with Gasteiger partial charge in [0.25, 0.3) is 0 Å². The summed E-state index contributed by atoms with van der Waals surface area (Å²) in [6, 6.07) is 8.27. The van der Waals surface area contributed by atoms with Gasteiger partial charge in [0, 0.05) is 12.5 Å². The first-order valence-corrected chi connectivity index (χ1v) is 7.04. The van der Waals surface area contributed by atoms with E-state index in [0.717, 1.165) is 25.7 Å². The molecule has 1 aliphatic rings. The number of carbonyl (C=O) groups excluding carboxylic acids is 1. The Kier molecular flexibility index (Phi) is 4.25. The van der Waals surface area contributed by atoms with Gasteiger partial charge < -0.3 is 10.4 Å². The van der Waals surface area contributed by atoms with Crippen LogP contribution >= 0.6 is 0 Å². The molecule has 1 aromatic rings. The topological polar surface area (TPSA) is 49.3 Å². The monoisotopic (exact) mass is 261 g/mol. The maximum Gasteiger partial charge on any atom is 0.223 e. The zero-order valence-electron chi connectivity index (χ0n) is 11.8. The highest BCUT2D eigenvalue weighted by atomic mass is 16.3. The maximum absolute atomic E-state index is 12.0. The number of carbonyl (C=O) groups is 1. The largest absolute Gasteiger partial charge is 0.388 e. The smallest absolute Gasteiger partial charge is 0.223 e. The summed E-state index contributed by atoms with van der Waals surface area (Å²) in [4.78, 5) is 12.0. The first kappa shape index (κ1) is 14.1. The van der Waals surface area contributed by atoms with Gasteiger partial charge in [0.1, 0.15) is 0 Å². The minimum atomic E-state index is -0.640. The van der Waals surface area contributed by atoms with Crippen LogP contribution in [0.15, 0.2) is 24.3 Å². The van der Waals surface area contributed by atoms with Gasteiger partial charge in [0.05, 0.1) is 5.60 Å². The molecule has 0 heterocycles. The van der Waals surface area contributed by atoms with E-state index in [2.05, 4.69) is 36.5 Å². The lowest BCUT2D eigenvalue weighted by Crippen LogP contribution is -2.48. The number of hydrogen-bond acceptors (Lipinski definition) is 2. The highest BCUT2D eigenvalue weighted by Gasteiger charge is 2.34. The van der Waals surface area contributed by atoms with E-state index >= 15 is 0 Å². The number of rotatable bonds is 5. The van der Waals surface area contributed by atoms with Crippen LogP contribution in [-0.2, 0) is 11.2 Å². The molecular formula is C16H23NO2. The molecular weight excluding hydrogens is 238 g/mol. The van der Waals surface area contributed by atoms with Crippen LogP contribution < -0.4 is 5.32 Å². The highest BCUT2D eigenvalue weighted by Crippen LogP contribution is 2.30. The Hall–Kier alpha value is -1.35. The lowest BCUT2D eigenvalue weighted by molar-refractivity contribution is -0.126. The molecule has 2 rings (SSSR count). The zero-order chi connectivity index (χ0) is 13.9. The number of aryl methyl sites for hydroxylation is 1. The van der Waals surface area contributed by atoms with Crippen LogP contribution in [0.4, 0.5) is 0 Å². The van der Waals surface area contributed by atoms with Crippen LogP contribution in [0.3, 0.4) is 0 Å². The van der Waals surface area contributed by atoms with Gasteiger partial charge in [-0.15, -0.1) is 0 Å². The summed E-state index contributed by atoms with van der Waals surface area (Å²) >= 11 is 0. The second-order valence-corrected chi connectivity index (χ2v) is 5.89. The first-order chi connectivity index (χ1) is 8.98. The molecule has 3 heteroatoms. The third kappa shape index (κ3) is 3.80. The summed E-state index contributed by atoms with van der Waals surface area (Å²) in [6.45, 7) is 4.38. The van der Waals surface area contributed by atoms with E-state index in [1.54, 1.807) is 0 Å². The average molecular weight is 261 g/mol. The summed E-state index contributed by atoms with van der Waals surface area (Å²) in [5, 5.41) is 12.8. The van der Waals surface area contributed by atoms with Gasteiger partial charge in [-0.2, -0.15) is 0 Å². The summed E-state index contributed by atoms with van der Waals surface area (Å²) in [6.07, 6.45) is 3.41. The van der Waals surface area contributed by atoms with Crippen molar-refractivity contribution in [1.29, 1.82) is 0 Å². The van der Waals surface area contributed by atoms with Crippen molar-refractivity contribution in [2.24, 2.45) is 5.92 Å². The number of nitrogens with one attached hydrogen (secondary N) is 1. The van der Waals surface area contributed by atoms with E-state index in [9.17, 15) is 9.90 Å². The number of hydrogen-bond donors (Lipinski definition) is 2. The summed E-state index contributed by atoms with van der Waals surface area (Å²) in [5.41, 5.74) is 1.77. The Morgan fingerprint density at radius 1 is 1.37 bits per heavy atom. The molecule has 0 aliphatic heterocycles. The van der Waals surface area contributed by atoms with E-state index in [1.807, 2.05) is 6.92 Å². The molecule has 0 bridgehead atoms. The van der Waals surface area contributed by atoms with Gasteiger partial charge in [-0.05, 0) is 38.2 Å². The fourth-order valence-electron chi connectivity index (χ4n) is 2.36. The molecule has 0 aromatic heterocycles. The standard InChI is InChI=1S/C16H23NO2/c1-12-4-6-14(7-5-12)10-13(2)15(18)17-11-16(19)8-3-9-16/h4-7,13,19H,3,8-11H2,1-2H3,(H,17,18). The molecule has 1 unspecified atom stereocenters. The summed E-state index contributed by atoms with van der Waals surface area (Å²) in [7, 11) is 0. The van der Waals surface area contributed by atoms with Gasteiger partial charge in [0.2, 0.25) is 5.91 Å². The number of aliphatic hydroxyl groups is 1. The lowest BCUT2D eigenvalue weighted by Gasteiger charge is -2.36. The molecule has 1 amide bonds. The molecule has 0 spiro atoms. The van der Waals surface area contributed by atoms with Crippen molar-refractivity contribution in [3.8, 4) is 0 Å². The maximum atomic E-state index is 12.0. The molecule has 0 radical (unpaired) electrons. The minimum Gasteiger partial charge on any atom is -0.388 e. The Labute approximate surface area is 115 Å². The Balaban J connectivity index is 1.80. The van der Waals surface area contributed by atoms with Crippen LogP contribution in [0.5, 0.6) is 0 Å². The molecule has 0 saturated heterocycles. The van der Waals surface area contributed by atoms with Crippen LogP contribution in [0, 0.1) is 12.8 Å². The zero-order valence-corrected chi connectivity index (χ0v) is 11.8. The SMILES string of the molecule is Cc1ccc(CC(C)C(=O)NCC2(O)CCC2)cc1. The average Bonchev–Trinajstić information content (AvgIpc) is 2.36.